The van der Waals surface area contributed by atoms with Crippen LogP contribution in [0.15, 0.2) is 42.5 Å². The number of benzene rings is 2. The first-order chi connectivity index (χ1) is 15.7. The average Bonchev–Trinajstić information content (AvgIpc) is 3.01. The fourth-order valence-electron chi connectivity index (χ4n) is 5.27. The number of nitrogens with zero attached hydrogens (tertiary/aromatic N) is 1. The van der Waals surface area contributed by atoms with Crippen LogP contribution in [0.2, 0.25) is 0 Å². The van der Waals surface area contributed by atoms with Crippen LogP contribution in [0.4, 0.5) is 5.69 Å². The first kappa shape index (κ1) is 21.1. The molecule has 3 heterocycles. The number of amides is 1. The molecule has 0 radical (unpaired) electrons. The van der Waals surface area contributed by atoms with Crippen LogP contribution < -0.4 is 24.8 Å². The number of hydrogen-bond donors (Lipinski definition) is 2. The normalized spacial score (nSPS) is 25.0. The smallest absolute Gasteiger partial charge is 0.238 e. The van der Waals surface area contributed by atoms with Crippen LogP contribution in [0, 0.1) is 5.92 Å². The van der Waals surface area contributed by atoms with E-state index in [4.69, 9.17) is 14.2 Å². The molecule has 0 unspecified atom stereocenters. The molecule has 5 rings (SSSR count). The summed E-state index contributed by atoms with van der Waals surface area (Å²) < 4.78 is 16.8. The summed E-state index contributed by atoms with van der Waals surface area (Å²) in [7, 11) is 1.69. The lowest BCUT2D eigenvalue weighted by atomic mass is 9.82. The molecule has 7 heteroatoms. The lowest BCUT2D eigenvalue weighted by molar-refractivity contribution is -0.117. The molecule has 7 nitrogen and oxygen atoms in total. The van der Waals surface area contributed by atoms with Crippen molar-refractivity contribution in [2.75, 3.05) is 51.8 Å². The van der Waals surface area contributed by atoms with E-state index in [2.05, 4.69) is 27.7 Å². The molecule has 2 fully saturated rings. The van der Waals surface area contributed by atoms with Gasteiger partial charge in [0.25, 0.3) is 0 Å². The Kier molecular flexibility index (Phi) is 6.19. The molecule has 32 heavy (non-hydrogen) atoms. The number of piperidine rings is 1. The number of ether oxygens (including phenoxy) is 3. The van der Waals surface area contributed by atoms with Crippen LogP contribution in [0.25, 0.3) is 0 Å². The number of methoxy groups -OCH3 is 1. The molecular weight excluding hydrogens is 406 g/mol. The second-order valence-corrected chi connectivity index (χ2v) is 8.79. The number of fused-ring (bicyclic) bond motifs is 2. The second kappa shape index (κ2) is 9.38. The summed E-state index contributed by atoms with van der Waals surface area (Å²) in [5, 5.41) is 6.60. The van der Waals surface area contributed by atoms with E-state index in [-0.39, 0.29) is 5.91 Å². The van der Waals surface area contributed by atoms with Gasteiger partial charge in [0.2, 0.25) is 5.91 Å². The van der Waals surface area contributed by atoms with E-state index >= 15 is 0 Å². The minimum Gasteiger partial charge on any atom is -0.497 e. The molecule has 170 valence electrons. The summed E-state index contributed by atoms with van der Waals surface area (Å²) in [5.74, 6) is 3.22. The monoisotopic (exact) mass is 437 g/mol. The summed E-state index contributed by atoms with van der Waals surface area (Å²) in [6.45, 7) is 4.54. The van der Waals surface area contributed by atoms with E-state index in [1.807, 2.05) is 30.3 Å². The molecule has 2 saturated heterocycles. The van der Waals surface area contributed by atoms with Crippen molar-refractivity contribution >= 4 is 11.6 Å². The first-order valence-corrected chi connectivity index (χ1v) is 11.5. The van der Waals surface area contributed by atoms with Gasteiger partial charge in [-0.3, -0.25) is 9.69 Å². The Hall–Kier alpha value is -2.77. The van der Waals surface area contributed by atoms with Gasteiger partial charge < -0.3 is 24.8 Å². The highest BCUT2D eigenvalue weighted by atomic mass is 16.5. The second-order valence-electron chi connectivity index (χ2n) is 8.79. The van der Waals surface area contributed by atoms with Gasteiger partial charge >= 0.3 is 0 Å². The van der Waals surface area contributed by atoms with Crippen molar-refractivity contribution in [3.8, 4) is 17.2 Å². The summed E-state index contributed by atoms with van der Waals surface area (Å²) in [5.41, 5.74) is 2.06. The third kappa shape index (κ3) is 4.40. The SMILES string of the molecule is COc1ccc([C@H]2CN(CC(=O)Nc3ccc4c(c3)OCCCO4)[C@@H]3CCNC[C@H]23)cc1. The van der Waals surface area contributed by atoms with E-state index in [1.54, 1.807) is 7.11 Å². The molecule has 2 N–H and O–H groups in total. The topological polar surface area (TPSA) is 72.1 Å². The maximum atomic E-state index is 12.9. The number of carbonyl (C=O) groups is 1. The van der Waals surface area contributed by atoms with Gasteiger partial charge in [0, 0.05) is 43.2 Å². The average molecular weight is 438 g/mol. The van der Waals surface area contributed by atoms with E-state index in [9.17, 15) is 4.79 Å². The largest absolute Gasteiger partial charge is 0.497 e. The van der Waals surface area contributed by atoms with Gasteiger partial charge in [0.1, 0.15) is 5.75 Å². The molecule has 0 aromatic heterocycles. The van der Waals surface area contributed by atoms with Gasteiger partial charge in [0.15, 0.2) is 11.5 Å². The van der Waals surface area contributed by atoms with Gasteiger partial charge in [0.05, 0.1) is 26.9 Å². The zero-order valence-corrected chi connectivity index (χ0v) is 18.5. The lowest BCUT2D eigenvalue weighted by Crippen LogP contribution is -2.46. The van der Waals surface area contributed by atoms with Crippen molar-refractivity contribution in [1.29, 1.82) is 0 Å². The highest BCUT2D eigenvalue weighted by Gasteiger charge is 2.43. The maximum absolute atomic E-state index is 12.9. The number of rotatable bonds is 5. The third-order valence-electron chi connectivity index (χ3n) is 6.83. The van der Waals surface area contributed by atoms with Gasteiger partial charge in [-0.15, -0.1) is 0 Å². The van der Waals surface area contributed by atoms with E-state index < -0.39 is 0 Å². The minimum absolute atomic E-state index is 0.00662. The Morgan fingerprint density at radius 2 is 1.97 bits per heavy atom. The van der Waals surface area contributed by atoms with E-state index in [1.165, 1.54) is 5.56 Å². The minimum atomic E-state index is 0.00662. The van der Waals surface area contributed by atoms with Crippen molar-refractivity contribution in [1.82, 2.24) is 10.2 Å². The Morgan fingerprint density at radius 3 is 2.78 bits per heavy atom. The van der Waals surface area contributed by atoms with Crippen LogP contribution in [0.5, 0.6) is 17.2 Å². The fraction of sp³-hybridized carbons (Fsp3) is 0.480. The van der Waals surface area contributed by atoms with Gasteiger partial charge in [-0.1, -0.05) is 12.1 Å². The molecule has 2 aromatic carbocycles. The van der Waals surface area contributed by atoms with Crippen molar-refractivity contribution in [3.05, 3.63) is 48.0 Å². The quantitative estimate of drug-likeness (QED) is 0.750. The van der Waals surface area contributed by atoms with Crippen molar-refractivity contribution in [3.63, 3.8) is 0 Å². The zero-order chi connectivity index (χ0) is 21.9. The number of hydrogen-bond acceptors (Lipinski definition) is 6. The lowest BCUT2D eigenvalue weighted by Gasteiger charge is -2.33. The molecule has 3 aliphatic heterocycles. The fourth-order valence-corrected chi connectivity index (χ4v) is 5.27. The highest BCUT2D eigenvalue weighted by Crippen LogP contribution is 2.40. The number of anilines is 1. The Morgan fingerprint density at radius 1 is 1.16 bits per heavy atom. The summed E-state index contributed by atoms with van der Waals surface area (Å²) in [6.07, 6.45) is 1.92. The molecule has 0 saturated carbocycles. The number of nitrogens with one attached hydrogen (secondary N) is 2. The highest BCUT2D eigenvalue weighted by molar-refractivity contribution is 5.92. The van der Waals surface area contributed by atoms with Gasteiger partial charge in [-0.05, 0) is 48.7 Å². The molecular formula is C25H31N3O4. The first-order valence-electron chi connectivity index (χ1n) is 11.5. The molecule has 3 aliphatic rings. The molecule has 0 bridgehead atoms. The molecule has 3 atom stereocenters. The predicted molar refractivity (Wildman–Crippen MR) is 123 cm³/mol. The van der Waals surface area contributed by atoms with E-state index in [0.29, 0.717) is 43.4 Å². The van der Waals surface area contributed by atoms with Crippen LogP contribution in [0.3, 0.4) is 0 Å². The van der Waals surface area contributed by atoms with Gasteiger partial charge in [-0.25, -0.2) is 0 Å². The van der Waals surface area contributed by atoms with Crippen molar-refractivity contribution in [2.45, 2.75) is 24.8 Å². The van der Waals surface area contributed by atoms with Crippen LogP contribution >= 0.6 is 0 Å². The molecule has 1 amide bonds. The van der Waals surface area contributed by atoms with Crippen molar-refractivity contribution < 1.29 is 19.0 Å². The van der Waals surface area contributed by atoms with Crippen LogP contribution in [0.1, 0.15) is 24.3 Å². The predicted octanol–water partition coefficient (Wildman–Crippen LogP) is 2.87. The maximum Gasteiger partial charge on any atom is 0.238 e. The zero-order valence-electron chi connectivity index (χ0n) is 18.5. The van der Waals surface area contributed by atoms with Crippen LogP contribution in [-0.4, -0.2) is 63.4 Å². The molecule has 2 aromatic rings. The third-order valence-corrected chi connectivity index (χ3v) is 6.83. The summed E-state index contributed by atoms with van der Waals surface area (Å²) in [6, 6.07) is 14.4. The van der Waals surface area contributed by atoms with E-state index in [0.717, 1.165) is 49.7 Å². The van der Waals surface area contributed by atoms with Crippen molar-refractivity contribution in [2.24, 2.45) is 5.92 Å². The summed E-state index contributed by atoms with van der Waals surface area (Å²) >= 11 is 0. The molecule has 0 aliphatic carbocycles. The molecule has 0 spiro atoms. The number of likely N-dealkylation sites (tertiary alicyclic amines) is 1. The number of carbonyl (C=O) groups excluding carboxylic acids is 1. The Balaban J connectivity index is 1.27. The standard InChI is InChI=1S/C25H31N3O4/c1-30-19-6-3-17(4-7-19)21-15-28(22-9-10-26-14-20(21)22)16-25(29)27-18-5-8-23-24(13-18)32-12-2-11-31-23/h3-8,13,20-22,26H,2,9-12,14-16H2,1H3,(H,27,29)/t20-,21-,22-/m1/s1. The van der Waals surface area contributed by atoms with Gasteiger partial charge in [-0.2, -0.15) is 0 Å². The van der Waals surface area contributed by atoms with Crippen LogP contribution in [-0.2, 0) is 4.79 Å². The summed E-state index contributed by atoms with van der Waals surface area (Å²) in [4.78, 5) is 15.3. The Bertz CT molecular complexity index is 949. The Labute approximate surface area is 189 Å².